The maximum atomic E-state index is 13.0. The number of aliphatic hydroxyl groups is 1. The first-order valence-corrected chi connectivity index (χ1v) is 18.1. The van der Waals surface area contributed by atoms with Crippen molar-refractivity contribution in [2.24, 2.45) is 0 Å². The summed E-state index contributed by atoms with van der Waals surface area (Å²) in [5.41, 5.74) is 8.06. The second-order valence-corrected chi connectivity index (χ2v) is 14.0. The molecule has 0 aromatic heterocycles. The molecule has 2 amide bonds. The van der Waals surface area contributed by atoms with Crippen LogP contribution in [-0.2, 0) is 29.2 Å². The van der Waals surface area contributed by atoms with E-state index in [-0.39, 0.29) is 37.2 Å². The quantitative estimate of drug-likeness (QED) is 0.158. The number of carbonyl (C=O) groups is 2. The van der Waals surface area contributed by atoms with E-state index in [9.17, 15) is 14.7 Å². The third-order valence-corrected chi connectivity index (χ3v) is 10.5. The van der Waals surface area contributed by atoms with Gasteiger partial charge < -0.3 is 14.6 Å². The topological polar surface area (TPSA) is 82.6 Å². The summed E-state index contributed by atoms with van der Waals surface area (Å²) in [5, 5.41) is 9.60. The molecule has 1 N–H and O–H groups in total. The van der Waals surface area contributed by atoms with Crippen molar-refractivity contribution in [2.75, 3.05) is 32.7 Å². The maximum absolute atomic E-state index is 13.0. The Kier molecular flexibility index (Phi) is 10.1. The van der Waals surface area contributed by atoms with Crippen molar-refractivity contribution in [1.82, 2.24) is 14.7 Å². The Labute approximate surface area is 304 Å². The number of hydrogen-bond donors (Lipinski definition) is 1. The first-order valence-electron chi connectivity index (χ1n) is 18.1. The molecule has 8 heteroatoms. The summed E-state index contributed by atoms with van der Waals surface area (Å²) < 4.78 is 13.3. The van der Waals surface area contributed by atoms with Crippen molar-refractivity contribution in [2.45, 2.75) is 44.6 Å². The van der Waals surface area contributed by atoms with Crippen LogP contribution in [0, 0.1) is 0 Å². The number of imide groups is 1. The first kappa shape index (κ1) is 34.1. The highest BCUT2D eigenvalue weighted by Crippen LogP contribution is 2.39. The first-order chi connectivity index (χ1) is 25.5. The number of rotatable bonds is 10. The van der Waals surface area contributed by atoms with E-state index in [4.69, 9.17) is 9.47 Å². The van der Waals surface area contributed by atoms with Gasteiger partial charge in [0, 0.05) is 51.3 Å². The molecule has 0 unspecified atom stereocenters. The average molecular weight is 694 g/mol. The molecular weight excluding hydrogens is 651 g/mol. The molecule has 52 heavy (non-hydrogen) atoms. The lowest BCUT2D eigenvalue weighted by molar-refractivity contribution is -0.253. The standard InChI is InChI=1S/C44H43N3O5/c48-30-32-13-15-35(16-14-32)41-26-38(29-46-23-21-45(22-24-46)27-31-7-2-1-3-8-31)51-44(52-41)36-19-17-34(18-20-36)37-10-6-9-33(25-37)28-47-42(49)39-11-4-5-12-40(39)43(47)50/h1-20,25,38,41,44,48H,21-24,26-30H2/t38-,41+,44+/m0/s1. The summed E-state index contributed by atoms with van der Waals surface area (Å²) in [5.74, 6) is -0.511. The van der Waals surface area contributed by atoms with E-state index in [1.165, 1.54) is 10.5 Å². The van der Waals surface area contributed by atoms with Crippen LogP contribution in [0.4, 0.5) is 0 Å². The van der Waals surface area contributed by atoms with Gasteiger partial charge in [0.05, 0.1) is 36.5 Å². The number of nitrogens with zero attached hydrogens (tertiary/aromatic N) is 3. The molecule has 5 aromatic rings. The van der Waals surface area contributed by atoms with Gasteiger partial charge in [0.1, 0.15) is 0 Å². The molecule has 3 aliphatic rings. The fourth-order valence-electron chi connectivity index (χ4n) is 7.54. The van der Waals surface area contributed by atoms with Gasteiger partial charge in [-0.3, -0.25) is 24.3 Å². The van der Waals surface area contributed by atoms with Crippen molar-refractivity contribution >= 4 is 11.8 Å². The minimum atomic E-state index is -0.533. The molecule has 3 heterocycles. The zero-order valence-electron chi connectivity index (χ0n) is 29.1. The molecule has 8 rings (SSSR count). The van der Waals surface area contributed by atoms with Crippen LogP contribution >= 0.6 is 0 Å². The largest absolute Gasteiger partial charge is 0.392 e. The van der Waals surface area contributed by atoms with E-state index < -0.39 is 6.29 Å². The van der Waals surface area contributed by atoms with Crippen molar-refractivity contribution in [1.29, 1.82) is 0 Å². The maximum Gasteiger partial charge on any atom is 0.261 e. The molecule has 8 nitrogen and oxygen atoms in total. The number of piperazine rings is 1. The molecule has 2 saturated heterocycles. The average Bonchev–Trinajstić information content (AvgIpc) is 3.44. The van der Waals surface area contributed by atoms with Crippen molar-refractivity contribution in [3.63, 3.8) is 0 Å². The summed E-state index contributed by atoms with van der Waals surface area (Å²) in [6, 6.07) is 41.9. The lowest BCUT2D eigenvalue weighted by atomic mass is 9.98. The smallest absolute Gasteiger partial charge is 0.261 e. The fourth-order valence-corrected chi connectivity index (χ4v) is 7.54. The van der Waals surface area contributed by atoms with Gasteiger partial charge in [-0.25, -0.2) is 0 Å². The molecule has 0 bridgehead atoms. The molecule has 0 spiro atoms. The SMILES string of the molecule is O=C1c2ccccc2C(=O)N1Cc1cccc(-c2ccc([C@@H]3O[C@H](CN4CCN(Cc5ccccc5)CC4)C[C@H](c4ccc(CO)cc4)O3)cc2)c1. The van der Waals surface area contributed by atoms with Gasteiger partial charge in [0.2, 0.25) is 0 Å². The number of amides is 2. The summed E-state index contributed by atoms with van der Waals surface area (Å²) in [4.78, 5) is 32.3. The Morgan fingerprint density at radius 2 is 1.21 bits per heavy atom. The lowest BCUT2D eigenvalue weighted by Crippen LogP contribution is -2.49. The molecule has 2 fully saturated rings. The lowest BCUT2D eigenvalue weighted by Gasteiger charge is -2.40. The van der Waals surface area contributed by atoms with E-state index in [1.807, 2.05) is 36.4 Å². The van der Waals surface area contributed by atoms with Crippen LogP contribution in [0.25, 0.3) is 11.1 Å². The summed E-state index contributed by atoms with van der Waals surface area (Å²) in [6.07, 6.45) is 0.0571. The normalized spacial score (nSPS) is 21.0. The highest BCUT2D eigenvalue weighted by Gasteiger charge is 2.36. The van der Waals surface area contributed by atoms with Gasteiger partial charge in [-0.05, 0) is 51.6 Å². The molecule has 0 radical (unpaired) electrons. The summed E-state index contributed by atoms with van der Waals surface area (Å²) in [7, 11) is 0. The van der Waals surface area contributed by atoms with E-state index in [1.54, 1.807) is 24.3 Å². The molecule has 3 aliphatic heterocycles. The van der Waals surface area contributed by atoms with Gasteiger partial charge in [0.15, 0.2) is 6.29 Å². The van der Waals surface area contributed by atoms with Gasteiger partial charge >= 0.3 is 0 Å². The highest BCUT2D eigenvalue weighted by atomic mass is 16.7. The molecule has 264 valence electrons. The van der Waals surface area contributed by atoms with Gasteiger partial charge in [-0.2, -0.15) is 0 Å². The second kappa shape index (κ2) is 15.3. The van der Waals surface area contributed by atoms with E-state index >= 15 is 0 Å². The number of aliphatic hydroxyl groups excluding tert-OH is 1. The van der Waals surface area contributed by atoms with Crippen LogP contribution in [0.3, 0.4) is 0 Å². The van der Waals surface area contributed by atoms with Crippen LogP contribution in [0.5, 0.6) is 0 Å². The van der Waals surface area contributed by atoms with Crippen LogP contribution in [0.15, 0.2) is 127 Å². The Morgan fingerprint density at radius 1 is 0.577 bits per heavy atom. The Morgan fingerprint density at radius 3 is 1.90 bits per heavy atom. The number of benzene rings is 5. The summed E-state index contributed by atoms with van der Waals surface area (Å²) >= 11 is 0. The Balaban J connectivity index is 0.952. The highest BCUT2D eigenvalue weighted by molar-refractivity contribution is 6.21. The molecule has 0 aliphatic carbocycles. The molecule has 0 saturated carbocycles. The van der Waals surface area contributed by atoms with Crippen LogP contribution in [0.2, 0.25) is 0 Å². The number of fused-ring (bicyclic) bond motifs is 1. The predicted octanol–water partition coefficient (Wildman–Crippen LogP) is 7.01. The Hall–Kier alpha value is -4.96. The summed E-state index contributed by atoms with van der Waals surface area (Å²) in [6.45, 7) is 6.07. The monoisotopic (exact) mass is 693 g/mol. The van der Waals surface area contributed by atoms with Crippen LogP contribution in [0.1, 0.15) is 67.3 Å². The Bertz CT molecular complexity index is 1970. The van der Waals surface area contributed by atoms with Gasteiger partial charge in [-0.1, -0.05) is 109 Å². The zero-order chi connectivity index (χ0) is 35.4. The molecular formula is C44H43N3O5. The van der Waals surface area contributed by atoms with Crippen LogP contribution < -0.4 is 0 Å². The minimum Gasteiger partial charge on any atom is -0.392 e. The fraction of sp³-hybridized carbons (Fsp3) is 0.273. The van der Waals surface area contributed by atoms with E-state index in [2.05, 4.69) is 76.5 Å². The third-order valence-electron chi connectivity index (χ3n) is 10.5. The van der Waals surface area contributed by atoms with Gasteiger partial charge in [0.25, 0.3) is 11.8 Å². The third kappa shape index (κ3) is 7.48. The van der Waals surface area contributed by atoms with Crippen molar-refractivity contribution < 1.29 is 24.2 Å². The van der Waals surface area contributed by atoms with Gasteiger partial charge in [-0.15, -0.1) is 0 Å². The zero-order valence-corrected chi connectivity index (χ0v) is 29.1. The van der Waals surface area contributed by atoms with Crippen LogP contribution in [-0.4, -0.2) is 70.4 Å². The number of ether oxygens (including phenoxy) is 2. The second-order valence-electron chi connectivity index (χ2n) is 14.0. The van der Waals surface area contributed by atoms with Crippen molar-refractivity contribution in [3.8, 4) is 11.1 Å². The van der Waals surface area contributed by atoms with E-state index in [0.717, 1.165) is 79.1 Å². The van der Waals surface area contributed by atoms with Crippen molar-refractivity contribution in [3.05, 3.63) is 166 Å². The van der Waals surface area contributed by atoms with E-state index in [0.29, 0.717) is 11.1 Å². The number of carbonyl (C=O) groups excluding carboxylic acids is 2. The predicted molar refractivity (Wildman–Crippen MR) is 199 cm³/mol. The molecule has 5 aromatic carbocycles. The number of hydrogen-bond acceptors (Lipinski definition) is 7. The molecule has 3 atom stereocenters. The minimum absolute atomic E-state index is 0.00837.